The number of likely N-dealkylation sites (tertiary alicyclic amines) is 1. The summed E-state index contributed by atoms with van der Waals surface area (Å²) in [4.78, 5) is 38.2. The molecule has 6 heteroatoms. The predicted molar refractivity (Wildman–Crippen MR) is 77.2 cm³/mol. The van der Waals surface area contributed by atoms with Gasteiger partial charge in [0.25, 0.3) is 5.91 Å². The van der Waals surface area contributed by atoms with Gasteiger partial charge in [-0.05, 0) is 25.2 Å². The van der Waals surface area contributed by atoms with Crippen LogP contribution in [0.5, 0.6) is 0 Å². The molecule has 0 saturated carbocycles. The molecule has 1 saturated heterocycles. The van der Waals surface area contributed by atoms with Crippen LogP contribution < -0.4 is 0 Å². The number of amides is 2. The smallest absolute Gasteiger partial charge is 0.326 e. The zero-order valence-corrected chi connectivity index (χ0v) is 12.9. The third-order valence-corrected chi connectivity index (χ3v) is 3.71. The van der Waals surface area contributed by atoms with Gasteiger partial charge in [0.2, 0.25) is 5.91 Å². The molecule has 2 amide bonds. The molecule has 2 atom stereocenters. The van der Waals surface area contributed by atoms with E-state index in [0.29, 0.717) is 19.5 Å². The van der Waals surface area contributed by atoms with Crippen molar-refractivity contribution in [3.63, 3.8) is 0 Å². The quantitative estimate of drug-likeness (QED) is 0.763. The van der Waals surface area contributed by atoms with Crippen molar-refractivity contribution in [2.24, 2.45) is 11.8 Å². The van der Waals surface area contributed by atoms with Gasteiger partial charge in [-0.2, -0.15) is 0 Å². The highest BCUT2D eigenvalue weighted by atomic mass is 16.4. The number of carboxylic acids is 1. The molecule has 0 aromatic carbocycles. The highest BCUT2D eigenvalue weighted by Gasteiger charge is 2.37. The molecular formula is C15H22N2O4. The van der Waals surface area contributed by atoms with Crippen LogP contribution in [0.15, 0.2) is 0 Å². The van der Waals surface area contributed by atoms with Crippen LogP contribution in [-0.2, 0) is 14.4 Å². The number of hydrogen-bond acceptors (Lipinski definition) is 3. The average Bonchev–Trinajstić information content (AvgIpc) is 2.86. The monoisotopic (exact) mass is 294 g/mol. The van der Waals surface area contributed by atoms with Crippen LogP contribution in [0.25, 0.3) is 0 Å². The number of aliphatic carboxylic acids is 1. The first-order valence-electron chi connectivity index (χ1n) is 7.00. The molecule has 0 unspecified atom stereocenters. The van der Waals surface area contributed by atoms with Crippen molar-refractivity contribution in [3.05, 3.63) is 0 Å². The first-order valence-corrected chi connectivity index (χ1v) is 7.00. The van der Waals surface area contributed by atoms with Crippen molar-refractivity contribution in [3.8, 4) is 11.8 Å². The van der Waals surface area contributed by atoms with Gasteiger partial charge in [0.1, 0.15) is 6.04 Å². The second kappa shape index (κ2) is 7.11. The maximum atomic E-state index is 12.4. The summed E-state index contributed by atoms with van der Waals surface area (Å²) < 4.78 is 0. The van der Waals surface area contributed by atoms with E-state index in [2.05, 4.69) is 11.8 Å². The van der Waals surface area contributed by atoms with Gasteiger partial charge in [-0.3, -0.25) is 9.59 Å². The highest BCUT2D eigenvalue weighted by molar-refractivity contribution is 5.94. The molecular weight excluding hydrogens is 272 g/mol. The number of likely N-dealkylation sites (N-methyl/N-ethyl adjacent to an activating group) is 1. The van der Waals surface area contributed by atoms with E-state index < -0.39 is 12.0 Å². The van der Waals surface area contributed by atoms with Crippen LogP contribution in [-0.4, -0.2) is 58.9 Å². The van der Waals surface area contributed by atoms with Crippen molar-refractivity contribution in [2.75, 3.05) is 20.1 Å². The summed E-state index contributed by atoms with van der Waals surface area (Å²) in [5, 5.41) is 9.24. The Morgan fingerprint density at radius 3 is 2.43 bits per heavy atom. The van der Waals surface area contributed by atoms with Gasteiger partial charge in [0.05, 0.1) is 5.92 Å². The first kappa shape index (κ1) is 17.0. The number of nitrogens with zero attached hydrogens (tertiary/aromatic N) is 2. The summed E-state index contributed by atoms with van der Waals surface area (Å²) in [6, 6.07) is -0.849. The Morgan fingerprint density at radius 2 is 1.95 bits per heavy atom. The SMILES string of the molecule is CC#CC(=O)N1CC[C@@H](C(=O)N(C)[C@H](C(=O)O)C(C)C)C1. The molecule has 1 fully saturated rings. The largest absolute Gasteiger partial charge is 0.480 e. The Hall–Kier alpha value is -2.03. The third kappa shape index (κ3) is 3.97. The minimum Gasteiger partial charge on any atom is -0.480 e. The Balaban J connectivity index is 2.74. The number of hydrogen-bond donors (Lipinski definition) is 1. The summed E-state index contributed by atoms with van der Waals surface area (Å²) in [5.41, 5.74) is 0. The topological polar surface area (TPSA) is 77.9 Å². The minimum absolute atomic E-state index is 0.179. The van der Waals surface area contributed by atoms with E-state index in [1.54, 1.807) is 20.8 Å². The van der Waals surface area contributed by atoms with E-state index >= 15 is 0 Å². The lowest BCUT2D eigenvalue weighted by Crippen LogP contribution is -2.48. The van der Waals surface area contributed by atoms with E-state index in [0.717, 1.165) is 0 Å². The predicted octanol–water partition coefficient (Wildman–Crippen LogP) is 0.426. The van der Waals surface area contributed by atoms with Crippen LogP contribution in [0.2, 0.25) is 0 Å². The van der Waals surface area contributed by atoms with Crippen LogP contribution in [0.1, 0.15) is 27.2 Å². The van der Waals surface area contributed by atoms with Crippen molar-refractivity contribution in [2.45, 2.75) is 33.2 Å². The van der Waals surface area contributed by atoms with Crippen LogP contribution in [0.3, 0.4) is 0 Å². The van der Waals surface area contributed by atoms with Gasteiger partial charge in [-0.15, -0.1) is 0 Å². The molecule has 1 N–H and O–H groups in total. The zero-order valence-electron chi connectivity index (χ0n) is 12.9. The van der Waals surface area contributed by atoms with Gasteiger partial charge in [-0.25, -0.2) is 4.79 Å². The van der Waals surface area contributed by atoms with Gasteiger partial charge >= 0.3 is 5.97 Å². The van der Waals surface area contributed by atoms with Gasteiger partial charge in [-0.1, -0.05) is 19.8 Å². The van der Waals surface area contributed by atoms with Gasteiger partial charge < -0.3 is 14.9 Å². The molecule has 0 spiro atoms. The summed E-state index contributed by atoms with van der Waals surface area (Å²) in [5.74, 6) is 2.95. The molecule has 0 bridgehead atoms. The second-order valence-corrected chi connectivity index (χ2v) is 5.59. The Labute approximate surface area is 125 Å². The van der Waals surface area contributed by atoms with Crippen molar-refractivity contribution in [1.29, 1.82) is 0 Å². The first-order chi connectivity index (χ1) is 9.79. The Morgan fingerprint density at radius 1 is 1.33 bits per heavy atom. The fourth-order valence-electron chi connectivity index (χ4n) is 2.66. The molecule has 1 aliphatic heterocycles. The molecule has 0 radical (unpaired) electrons. The van der Waals surface area contributed by atoms with E-state index in [-0.39, 0.29) is 23.7 Å². The molecule has 0 aliphatic carbocycles. The van der Waals surface area contributed by atoms with Crippen molar-refractivity contribution in [1.82, 2.24) is 9.80 Å². The van der Waals surface area contributed by atoms with Crippen LogP contribution >= 0.6 is 0 Å². The molecule has 1 aliphatic rings. The van der Waals surface area contributed by atoms with E-state index in [1.807, 2.05) is 0 Å². The summed E-state index contributed by atoms with van der Waals surface area (Å²) in [6.07, 6.45) is 0.546. The molecule has 0 aromatic heterocycles. The summed E-state index contributed by atoms with van der Waals surface area (Å²) >= 11 is 0. The standard InChI is InChI=1S/C15H22N2O4/c1-5-6-12(18)17-8-7-11(9-17)14(19)16(4)13(10(2)3)15(20)21/h10-11,13H,7-9H2,1-4H3,(H,20,21)/t11-,13+/m1/s1. The molecule has 6 nitrogen and oxygen atoms in total. The Kier molecular flexibility index (Phi) is 5.77. The number of rotatable bonds is 4. The molecule has 1 heterocycles. The number of carbonyl (C=O) groups excluding carboxylic acids is 2. The number of carboxylic acid groups (broad SMARTS) is 1. The maximum Gasteiger partial charge on any atom is 0.326 e. The zero-order chi connectivity index (χ0) is 16.2. The van der Waals surface area contributed by atoms with Crippen LogP contribution in [0.4, 0.5) is 0 Å². The fraction of sp³-hybridized carbons (Fsp3) is 0.667. The lowest BCUT2D eigenvalue weighted by Gasteiger charge is -2.29. The summed E-state index contributed by atoms with van der Waals surface area (Å²) in [6.45, 7) is 5.91. The lowest BCUT2D eigenvalue weighted by atomic mass is 10.0. The second-order valence-electron chi connectivity index (χ2n) is 5.59. The van der Waals surface area contributed by atoms with Gasteiger partial charge in [0.15, 0.2) is 0 Å². The number of carbonyl (C=O) groups is 3. The molecule has 0 aromatic rings. The highest BCUT2D eigenvalue weighted by Crippen LogP contribution is 2.21. The fourth-order valence-corrected chi connectivity index (χ4v) is 2.66. The maximum absolute atomic E-state index is 12.4. The average molecular weight is 294 g/mol. The lowest BCUT2D eigenvalue weighted by molar-refractivity contribution is -0.152. The normalized spacial score (nSPS) is 18.9. The van der Waals surface area contributed by atoms with E-state index in [1.165, 1.54) is 16.8 Å². The third-order valence-electron chi connectivity index (χ3n) is 3.71. The summed E-state index contributed by atoms with van der Waals surface area (Å²) in [7, 11) is 1.51. The minimum atomic E-state index is -1.01. The molecule has 1 rings (SSSR count). The van der Waals surface area contributed by atoms with Crippen molar-refractivity contribution >= 4 is 17.8 Å². The van der Waals surface area contributed by atoms with E-state index in [9.17, 15) is 19.5 Å². The van der Waals surface area contributed by atoms with Crippen molar-refractivity contribution < 1.29 is 19.5 Å². The van der Waals surface area contributed by atoms with Gasteiger partial charge in [0, 0.05) is 20.1 Å². The molecule has 21 heavy (non-hydrogen) atoms. The van der Waals surface area contributed by atoms with E-state index in [4.69, 9.17) is 0 Å². The Bertz CT molecular complexity index is 490. The van der Waals surface area contributed by atoms with Crippen LogP contribution in [0, 0.1) is 23.7 Å². The molecule has 116 valence electrons.